The third-order valence-electron chi connectivity index (χ3n) is 3.90. The summed E-state index contributed by atoms with van der Waals surface area (Å²) >= 11 is 0. The Morgan fingerprint density at radius 3 is 2.86 bits per heavy atom. The maximum Gasteiger partial charge on any atom is 0.254 e. The molecule has 1 aliphatic rings. The van der Waals surface area contributed by atoms with Gasteiger partial charge in [-0.25, -0.2) is 4.68 Å². The molecule has 116 valence electrons. The number of tetrazole rings is 1. The number of amides is 1. The second-order valence-electron chi connectivity index (χ2n) is 6.22. The van der Waals surface area contributed by atoms with Crippen LogP contribution in [0.1, 0.15) is 43.5 Å². The zero-order valence-electron chi connectivity index (χ0n) is 13.0. The van der Waals surface area contributed by atoms with E-state index in [1.54, 1.807) is 4.68 Å². The molecular weight excluding hydrogens is 278 g/mol. The smallest absolute Gasteiger partial charge is 0.254 e. The molecule has 0 atom stereocenters. The SMILES string of the molecule is CC(C)CCN(C(=O)c1cccc(-n2cnnn2)c1)C1CC1. The zero-order valence-corrected chi connectivity index (χ0v) is 13.0. The van der Waals surface area contributed by atoms with Gasteiger partial charge in [-0.3, -0.25) is 4.79 Å². The summed E-state index contributed by atoms with van der Waals surface area (Å²) in [4.78, 5) is 14.9. The molecular formula is C16H21N5O. The topological polar surface area (TPSA) is 63.9 Å². The molecule has 0 saturated heterocycles. The van der Waals surface area contributed by atoms with Gasteiger partial charge in [0.2, 0.25) is 0 Å². The predicted octanol–water partition coefficient (Wildman–Crippen LogP) is 2.31. The Kier molecular flexibility index (Phi) is 4.18. The molecule has 1 aromatic carbocycles. The lowest BCUT2D eigenvalue weighted by Crippen LogP contribution is -2.34. The molecule has 1 saturated carbocycles. The first-order valence-electron chi connectivity index (χ1n) is 7.79. The Hall–Kier alpha value is -2.24. The normalized spacial score (nSPS) is 14.3. The summed E-state index contributed by atoms with van der Waals surface area (Å²) in [5.74, 6) is 0.708. The number of carbonyl (C=O) groups excluding carboxylic acids is 1. The van der Waals surface area contributed by atoms with E-state index >= 15 is 0 Å². The Labute approximate surface area is 130 Å². The summed E-state index contributed by atoms with van der Waals surface area (Å²) in [6, 6.07) is 7.90. The van der Waals surface area contributed by atoms with Crippen molar-refractivity contribution in [3.63, 3.8) is 0 Å². The summed E-state index contributed by atoms with van der Waals surface area (Å²) in [5.41, 5.74) is 1.50. The quantitative estimate of drug-likeness (QED) is 0.821. The van der Waals surface area contributed by atoms with Crippen LogP contribution in [0.25, 0.3) is 5.69 Å². The molecule has 1 aromatic heterocycles. The molecule has 3 rings (SSSR count). The number of benzene rings is 1. The lowest BCUT2D eigenvalue weighted by atomic mass is 10.1. The van der Waals surface area contributed by atoms with E-state index in [0.717, 1.165) is 31.5 Å². The Morgan fingerprint density at radius 2 is 2.23 bits per heavy atom. The minimum atomic E-state index is 0.109. The maximum absolute atomic E-state index is 12.8. The number of rotatable bonds is 6. The van der Waals surface area contributed by atoms with Crippen LogP contribution in [-0.4, -0.2) is 43.6 Å². The Morgan fingerprint density at radius 1 is 1.41 bits per heavy atom. The van der Waals surface area contributed by atoms with Gasteiger partial charge in [0.15, 0.2) is 0 Å². The highest BCUT2D eigenvalue weighted by molar-refractivity contribution is 5.95. The third kappa shape index (κ3) is 3.32. The van der Waals surface area contributed by atoms with Crippen molar-refractivity contribution in [3.05, 3.63) is 36.2 Å². The highest BCUT2D eigenvalue weighted by Crippen LogP contribution is 2.29. The van der Waals surface area contributed by atoms with Crippen LogP contribution in [0.3, 0.4) is 0 Å². The van der Waals surface area contributed by atoms with Gasteiger partial charge in [0.05, 0.1) is 5.69 Å². The summed E-state index contributed by atoms with van der Waals surface area (Å²) in [6.07, 6.45) is 4.81. The maximum atomic E-state index is 12.8. The monoisotopic (exact) mass is 299 g/mol. The average Bonchev–Trinajstić information content (AvgIpc) is 3.20. The van der Waals surface area contributed by atoms with Gasteiger partial charge in [-0.15, -0.1) is 5.10 Å². The molecule has 1 amide bonds. The molecule has 1 heterocycles. The number of nitrogens with zero attached hydrogens (tertiary/aromatic N) is 5. The summed E-state index contributed by atoms with van der Waals surface area (Å²) in [5, 5.41) is 11.1. The second kappa shape index (κ2) is 6.25. The van der Waals surface area contributed by atoms with E-state index in [1.165, 1.54) is 6.33 Å². The fraction of sp³-hybridized carbons (Fsp3) is 0.500. The van der Waals surface area contributed by atoms with Gasteiger partial charge in [-0.1, -0.05) is 19.9 Å². The first-order valence-corrected chi connectivity index (χ1v) is 7.79. The van der Waals surface area contributed by atoms with Crippen molar-refractivity contribution in [2.45, 2.75) is 39.2 Å². The van der Waals surface area contributed by atoms with Crippen LogP contribution in [0, 0.1) is 5.92 Å². The van der Waals surface area contributed by atoms with Crippen molar-refractivity contribution in [1.29, 1.82) is 0 Å². The molecule has 0 spiro atoms. The van der Waals surface area contributed by atoms with Crippen molar-refractivity contribution >= 4 is 5.91 Å². The Balaban J connectivity index is 1.79. The number of aromatic nitrogens is 4. The van der Waals surface area contributed by atoms with Crippen LogP contribution in [0.2, 0.25) is 0 Å². The van der Waals surface area contributed by atoms with Crippen molar-refractivity contribution in [2.75, 3.05) is 6.54 Å². The lowest BCUT2D eigenvalue weighted by Gasteiger charge is -2.23. The summed E-state index contributed by atoms with van der Waals surface area (Å²) < 4.78 is 1.56. The van der Waals surface area contributed by atoms with Crippen molar-refractivity contribution < 1.29 is 4.79 Å². The van der Waals surface area contributed by atoms with Crippen LogP contribution in [0.15, 0.2) is 30.6 Å². The molecule has 2 aromatic rings. The predicted molar refractivity (Wildman–Crippen MR) is 82.7 cm³/mol. The number of carbonyl (C=O) groups is 1. The van der Waals surface area contributed by atoms with Gasteiger partial charge in [0.1, 0.15) is 6.33 Å². The molecule has 6 heteroatoms. The zero-order chi connectivity index (χ0) is 15.5. The molecule has 0 aliphatic heterocycles. The average molecular weight is 299 g/mol. The number of hydrogen-bond acceptors (Lipinski definition) is 4. The van der Waals surface area contributed by atoms with Gasteiger partial charge in [0, 0.05) is 18.2 Å². The largest absolute Gasteiger partial charge is 0.336 e. The van der Waals surface area contributed by atoms with E-state index < -0.39 is 0 Å². The van der Waals surface area contributed by atoms with E-state index in [4.69, 9.17) is 0 Å². The number of hydrogen-bond donors (Lipinski definition) is 0. The minimum Gasteiger partial charge on any atom is -0.336 e. The summed E-state index contributed by atoms with van der Waals surface area (Å²) in [6.45, 7) is 5.21. The van der Waals surface area contributed by atoms with Crippen LogP contribution >= 0.6 is 0 Å². The highest BCUT2D eigenvalue weighted by atomic mass is 16.2. The fourth-order valence-corrected chi connectivity index (χ4v) is 2.46. The molecule has 0 radical (unpaired) electrons. The molecule has 1 aliphatic carbocycles. The molecule has 22 heavy (non-hydrogen) atoms. The highest BCUT2D eigenvalue weighted by Gasteiger charge is 2.32. The van der Waals surface area contributed by atoms with Crippen molar-refractivity contribution in [1.82, 2.24) is 25.1 Å². The third-order valence-corrected chi connectivity index (χ3v) is 3.90. The van der Waals surface area contributed by atoms with E-state index in [0.29, 0.717) is 17.5 Å². The standard InChI is InChI=1S/C16H21N5O/c1-12(2)8-9-20(14-6-7-14)16(22)13-4-3-5-15(10-13)21-11-17-18-19-21/h3-5,10-12,14H,6-9H2,1-2H3. The molecule has 0 bridgehead atoms. The van der Waals surface area contributed by atoms with Crippen LogP contribution in [0.5, 0.6) is 0 Å². The Bertz CT molecular complexity index is 634. The first kappa shape index (κ1) is 14.7. The van der Waals surface area contributed by atoms with Gasteiger partial charge < -0.3 is 4.90 Å². The van der Waals surface area contributed by atoms with E-state index in [2.05, 4.69) is 29.4 Å². The van der Waals surface area contributed by atoms with Gasteiger partial charge in [-0.05, 0) is 53.8 Å². The second-order valence-corrected chi connectivity index (χ2v) is 6.22. The van der Waals surface area contributed by atoms with E-state index in [9.17, 15) is 4.79 Å². The van der Waals surface area contributed by atoms with Gasteiger partial charge in [-0.2, -0.15) is 0 Å². The van der Waals surface area contributed by atoms with Crippen LogP contribution < -0.4 is 0 Å². The van der Waals surface area contributed by atoms with Gasteiger partial charge in [0.25, 0.3) is 5.91 Å². The van der Waals surface area contributed by atoms with Crippen LogP contribution in [0.4, 0.5) is 0 Å². The van der Waals surface area contributed by atoms with E-state index in [1.807, 2.05) is 29.2 Å². The molecule has 0 N–H and O–H groups in total. The molecule has 1 fully saturated rings. The van der Waals surface area contributed by atoms with Crippen molar-refractivity contribution in [3.8, 4) is 5.69 Å². The van der Waals surface area contributed by atoms with Gasteiger partial charge >= 0.3 is 0 Å². The minimum absolute atomic E-state index is 0.109. The van der Waals surface area contributed by atoms with Crippen molar-refractivity contribution in [2.24, 2.45) is 5.92 Å². The van der Waals surface area contributed by atoms with E-state index in [-0.39, 0.29) is 5.91 Å². The molecule has 6 nitrogen and oxygen atoms in total. The molecule has 0 unspecified atom stereocenters. The summed E-state index contributed by atoms with van der Waals surface area (Å²) in [7, 11) is 0. The van der Waals surface area contributed by atoms with Crippen LogP contribution in [-0.2, 0) is 0 Å². The fourth-order valence-electron chi connectivity index (χ4n) is 2.46. The lowest BCUT2D eigenvalue weighted by molar-refractivity contribution is 0.0735. The first-order chi connectivity index (χ1) is 10.6.